The Kier molecular flexibility index (Phi) is 3.58. The van der Waals surface area contributed by atoms with E-state index in [1.807, 2.05) is 0 Å². The van der Waals surface area contributed by atoms with Gasteiger partial charge in [-0.2, -0.15) is 0 Å². The Balaban J connectivity index is 2.16. The van der Waals surface area contributed by atoms with Crippen molar-refractivity contribution < 1.29 is 4.42 Å². The monoisotopic (exact) mass is 241 g/mol. The maximum absolute atomic E-state index is 11.5. The highest BCUT2D eigenvalue weighted by Crippen LogP contribution is 2.07. The molecule has 2 aromatic heterocycles. The fraction of sp³-hybridized carbons (Fsp3) is 0.400. The van der Waals surface area contributed by atoms with Gasteiger partial charge in [0.2, 0.25) is 0 Å². The molecule has 2 aromatic rings. The van der Waals surface area contributed by atoms with Crippen LogP contribution in [-0.4, -0.2) is 28.5 Å². The highest BCUT2D eigenvalue weighted by molar-refractivity contribution is 6.18. The summed E-state index contributed by atoms with van der Waals surface area (Å²) in [5.74, 6) is 0.181. The molecule has 6 heteroatoms. The van der Waals surface area contributed by atoms with Crippen LogP contribution in [0.15, 0.2) is 27.5 Å². The highest BCUT2D eigenvalue weighted by Gasteiger charge is 2.08. The molecule has 0 bridgehead atoms. The SMILES string of the molecule is O=c1oc2cccnc2n1CCNCCCl. The van der Waals surface area contributed by atoms with Gasteiger partial charge < -0.3 is 9.73 Å². The molecule has 0 unspecified atom stereocenters. The van der Waals surface area contributed by atoms with Crippen LogP contribution in [0.3, 0.4) is 0 Å². The summed E-state index contributed by atoms with van der Waals surface area (Å²) in [6.45, 7) is 1.91. The molecule has 0 spiro atoms. The zero-order valence-corrected chi connectivity index (χ0v) is 9.41. The van der Waals surface area contributed by atoms with Gasteiger partial charge in [0.05, 0.1) is 0 Å². The first-order chi connectivity index (χ1) is 7.83. The van der Waals surface area contributed by atoms with Crippen molar-refractivity contribution in [2.45, 2.75) is 6.54 Å². The molecule has 0 aliphatic heterocycles. The summed E-state index contributed by atoms with van der Waals surface area (Å²) in [6.07, 6.45) is 1.64. The lowest BCUT2D eigenvalue weighted by Crippen LogP contribution is -2.25. The molecule has 16 heavy (non-hydrogen) atoms. The summed E-state index contributed by atoms with van der Waals surface area (Å²) in [5.41, 5.74) is 1.10. The zero-order valence-electron chi connectivity index (χ0n) is 8.65. The van der Waals surface area contributed by atoms with E-state index in [4.69, 9.17) is 16.0 Å². The van der Waals surface area contributed by atoms with Crippen LogP contribution in [-0.2, 0) is 6.54 Å². The van der Waals surface area contributed by atoms with Gasteiger partial charge in [0.1, 0.15) is 0 Å². The third kappa shape index (κ3) is 2.25. The van der Waals surface area contributed by atoms with Crippen LogP contribution in [0, 0.1) is 0 Å². The van der Waals surface area contributed by atoms with E-state index in [1.165, 1.54) is 4.57 Å². The number of nitrogens with zero attached hydrogens (tertiary/aromatic N) is 2. The van der Waals surface area contributed by atoms with E-state index in [9.17, 15) is 4.79 Å². The van der Waals surface area contributed by atoms with Crippen LogP contribution in [0.2, 0.25) is 0 Å². The van der Waals surface area contributed by atoms with Crippen molar-refractivity contribution >= 4 is 22.8 Å². The summed E-state index contributed by atoms with van der Waals surface area (Å²) in [5, 5.41) is 3.10. The van der Waals surface area contributed by atoms with Gasteiger partial charge in [-0.1, -0.05) is 0 Å². The van der Waals surface area contributed by atoms with Crippen molar-refractivity contribution in [1.82, 2.24) is 14.9 Å². The van der Waals surface area contributed by atoms with Crippen LogP contribution in [0.5, 0.6) is 0 Å². The lowest BCUT2D eigenvalue weighted by atomic mass is 10.4. The number of alkyl halides is 1. The van der Waals surface area contributed by atoms with E-state index in [-0.39, 0.29) is 5.76 Å². The van der Waals surface area contributed by atoms with E-state index in [0.717, 1.165) is 6.54 Å². The number of halogens is 1. The summed E-state index contributed by atoms with van der Waals surface area (Å²) in [4.78, 5) is 15.6. The van der Waals surface area contributed by atoms with E-state index in [1.54, 1.807) is 18.3 Å². The van der Waals surface area contributed by atoms with Crippen molar-refractivity contribution in [2.24, 2.45) is 0 Å². The van der Waals surface area contributed by atoms with Crippen LogP contribution in [0.4, 0.5) is 0 Å². The van der Waals surface area contributed by atoms with Gasteiger partial charge in [-0.25, -0.2) is 9.78 Å². The molecule has 0 saturated heterocycles. The Bertz CT molecular complexity index is 520. The quantitative estimate of drug-likeness (QED) is 0.622. The zero-order chi connectivity index (χ0) is 11.4. The minimum atomic E-state index is -0.374. The number of oxazole rings is 1. The third-order valence-electron chi connectivity index (χ3n) is 2.21. The van der Waals surface area contributed by atoms with E-state index < -0.39 is 0 Å². The van der Waals surface area contributed by atoms with Crippen molar-refractivity contribution in [3.05, 3.63) is 28.9 Å². The maximum atomic E-state index is 11.5. The third-order valence-corrected chi connectivity index (χ3v) is 2.40. The fourth-order valence-electron chi connectivity index (χ4n) is 1.48. The number of rotatable bonds is 5. The molecule has 0 atom stereocenters. The first-order valence-electron chi connectivity index (χ1n) is 5.04. The standard InChI is InChI=1S/C10H12ClN3O2/c11-3-5-12-6-7-14-9-8(16-10(14)15)2-1-4-13-9/h1-2,4,12H,3,5-7H2. The predicted octanol–water partition coefficient (Wildman–Crippen LogP) is 0.818. The van der Waals surface area contributed by atoms with Gasteiger partial charge in [-0.15, -0.1) is 11.6 Å². The van der Waals surface area contributed by atoms with Crippen LogP contribution < -0.4 is 11.1 Å². The number of hydrogen-bond donors (Lipinski definition) is 1. The first-order valence-corrected chi connectivity index (χ1v) is 5.57. The lowest BCUT2D eigenvalue weighted by molar-refractivity contribution is 0.496. The van der Waals surface area contributed by atoms with E-state index >= 15 is 0 Å². The number of nitrogens with one attached hydrogen (secondary N) is 1. The summed E-state index contributed by atoms with van der Waals surface area (Å²) in [6, 6.07) is 3.47. The smallest absolute Gasteiger partial charge is 0.406 e. The molecule has 0 saturated carbocycles. The summed E-state index contributed by atoms with van der Waals surface area (Å²) < 4.78 is 6.56. The molecule has 0 aliphatic carbocycles. The van der Waals surface area contributed by atoms with E-state index in [0.29, 0.717) is 30.2 Å². The van der Waals surface area contributed by atoms with E-state index in [2.05, 4.69) is 10.3 Å². The molecule has 0 aromatic carbocycles. The topological polar surface area (TPSA) is 60.1 Å². The Hall–Kier alpha value is -1.33. The molecular formula is C10H12ClN3O2. The molecule has 86 valence electrons. The largest absolute Gasteiger partial charge is 0.421 e. The van der Waals surface area contributed by atoms with Gasteiger partial charge in [-0.3, -0.25) is 4.57 Å². The molecule has 0 radical (unpaired) electrons. The van der Waals surface area contributed by atoms with Crippen molar-refractivity contribution in [2.75, 3.05) is 19.0 Å². The van der Waals surface area contributed by atoms with Crippen molar-refractivity contribution in [1.29, 1.82) is 0 Å². The second-order valence-electron chi connectivity index (χ2n) is 3.28. The fourth-order valence-corrected chi connectivity index (χ4v) is 1.61. The van der Waals surface area contributed by atoms with Gasteiger partial charge in [0.25, 0.3) is 0 Å². The minimum Gasteiger partial charge on any atom is -0.406 e. The number of aromatic nitrogens is 2. The molecule has 2 rings (SSSR count). The second-order valence-corrected chi connectivity index (χ2v) is 3.66. The van der Waals surface area contributed by atoms with Gasteiger partial charge >= 0.3 is 5.76 Å². The Morgan fingerprint density at radius 1 is 1.50 bits per heavy atom. The Morgan fingerprint density at radius 2 is 2.38 bits per heavy atom. The normalized spacial score (nSPS) is 11.1. The van der Waals surface area contributed by atoms with Gasteiger partial charge in [-0.05, 0) is 12.1 Å². The Labute approximate surface area is 97.0 Å². The van der Waals surface area contributed by atoms with Crippen LogP contribution >= 0.6 is 11.6 Å². The first kappa shape index (κ1) is 11.2. The molecular weight excluding hydrogens is 230 g/mol. The molecule has 0 amide bonds. The molecule has 5 nitrogen and oxygen atoms in total. The van der Waals surface area contributed by atoms with Crippen LogP contribution in [0.25, 0.3) is 11.2 Å². The molecule has 0 fully saturated rings. The average molecular weight is 242 g/mol. The Morgan fingerprint density at radius 3 is 3.19 bits per heavy atom. The predicted molar refractivity (Wildman–Crippen MR) is 61.9 cm³/mol. The number of pyridine rings is 1. The number of hydrogen-bond acceptors (Lipinski definition) is 4. The average Bonchev–Trinajstić information content (AvgIpc) is 2.61. The molecule has 1 N–H and O–H groups in total. The van der Waals surface area contributed by atoms with Gasteiger partial charge in [0.15, 0.2) is 11.2 Å². The summed E-state index contributed by atoms with van der Waals surface area (Å²) in [7, 11) is 0. The molecule has 0 aliphatic rings. The van der Waals surface area contributed by atoms with Gasteiger partial charge in [0, 0.05) is 31.7 Å². The van der Waals surface area contributed by atoms with Crippen molar-refractivity contribution in [3.8, 4) is 0 Å². The van der Waals surface area contributed by atoms with Crippen LogP contribution in [0.1, 0.15) is 0 Å². The number of fused-ring (bicyclic) bond motifs is 1. The second kappa shape index (κ2) is 5.14. The lowest BCUT2D eigenvalue weighted by Gasteiger charge is -2.02. The summed E-state index contributed by atoms with van der Waals surface area (Å²) >= 11 is 5.53. The molecule has 2 heterocycles. The minimum absolute atomic E-state index is 0.374. The highest BCUT2D eigenvalue weighted by atomic mass is 35.5. The maximum Gasteiger partial charge on any atom is 0.421 e. The van der Waals surface area contributed by atoms with Crippen molar-refractivity contribution in [3.63, 3.8) is 0 Å².